The Balaban J connectivity index is 1.47. The molecule has 2 aromatic carbocycles. The van der Waals surface area contributed by atoms with Crippen LogP contribution < -0.4 is 14.8 Å². The van der Waals surface area contributed by atoms with Crippen molar-refractivity contribution in [2.75, 3.05) is 6.79 Å². The second-order valence-corrected chi connectivity index (χ2v) is 7.64. The standard InChI is InChI=1S/C22H24N2O4/c1-14(2)9-18(24-12-16-5-3-4-6-17(16)22(24)26)21(25)23-11-15-7-8-19-20(10-15)28-13-27-19/h3-8,10,14,18H,9,11-13H2,1-2H3,(H,23,25). The first-order chi connectivity index (χ1) is 13.5. The maximum Gasteiger partial charge on any atom is 0.255 e. The summed E-state index contributed by atoms with van der Waals surface area (Å²) in [7, 11) is 0. The van der Waals surface area contributed by atoms with Gasteiger partial charge in [-0.2, -0.15) is 0 Å². The maximum atomic E-state index is 13.0. The Labute approximate surface area is 164 Å². The zero-order valence-electron chi connectivity index (χ0n) is 16.1. The fourth-order valence-electron chi connectivity index (χ4n) is 3.71. The van der Waals surface area contributed by atoms with Crippen molar-refractivity contribution >= 4 is 11.8 Å². The van der Waals surface area contributed by atoms with Crippen molar-refractivity contribution < 1.29 is 19.1 Å². The molecule has 2 heterocycles. The summed E-state index contributed by atoms with van der Waals surface area (Å²) in [6, 6.07) is 12.7. The molecular formula is C22H24N2O4. The van der Waals surface area contributed by atoms with Gasteiger partial charge in [0.15, 0.2) is 11.5 Å². The van der Waals surface area contributed by atoms with E-state index in [1.165, 1.54) is 0 Å². The van der Waals surface area contributed by atoms with Crippen LogP contribution in [0.1, 0.15) is 41.8 Å². The fraction of sp³-hybridized carbons (Fsp3) is 0.364. The van der Waals surface area contributed by atoms with E-state index >= 15 is 0 Å². The molecule has 2 aromatic rings. The first-order valence-electron chi connectivity index (χ1n) is 9.58. The molecule has 0 saturated heterocycles. The monoisotopic (exact) mass is 380 g/mol. The highest BCUT2D eigenvalue weighted by Crippen LogP contribution is 2.32. The average Bonchev–Trinajstić information content (AvgIpc) is 3.28. The number of ether oxygens (including phenoxy) is 2. The predicted molar refractivity (Wildman–Crippen MR) is 104 cm³/mol. The Morgan fingerprint density at radius 3 is 2.71 bits per heavy atom. The average molecular weight is 380 g/mol. The summed E-state index contributed by atoms with van der Waals surface area (Å²) in [5, 5.41) is 2.99. The van der Waals surface area contributed by atoms with E-state index in [2.05, 4.69) is 19.2 Å². The second kappa shape index (κ2) is 7.54. The Morgan fingerprint density at radius 2 is 1.93 bits per heavy atom. The smallest absolute Gasteiger partial charge is 0.255 e. The van der Waals surface area contributed by atoms with Gasteiger partial charge in [-0.1, -0.05) is 38.1 Å². The number of hydrogen-bond acceptors (Lipinski definition) is 4. The molecule has 0 aliphatic carbocycles. The quantitative estimate of drug-likeness (QED) is 0.836. The molecule has 28 heavy (non-hydrogen) atoms. The van der Waals surface area contributed by atoms with E-state index in [0.29, 0.717) is 36.6 Å². The molecule has 1 unspecified atom stereocenters. The maximum absolute atomic E-state index is 13.0. The summed E-state index contributed by atoms with van der Waals surface area (Å²) in [5.41, 5.74) is 2.60. The zero-order valence-corrected chi connectivity index (χ0v) is 16.1. The van der Waals surface area contributed by atoms with Crippen LogP contribution in [0.25, 0.3) is 0 Å². The summed E-state index contributed by atoms with van der Waals surface area (Å²) in [6.07, 6.45) is 0.618. The molecule has 2 aliphatic rings. The van der Waals surface area contributed by atoms with E-state index in [9.17, 15) is 9.59 Å². The summed E-state index contributed by atoms with van der Waals surface area (Å²) < 4.78 is 10.7. The summed E-state index contributed by atoms with van der Waals surface area (Å²) in [4.78, 5) is 27.5. The number of benzene rings is 2. The van der Waals surface area contributed by atoms with Crippen molar-refractivity contribution in [3.05, 3.63) is 59.2 Å². The van der Waals surface area contributed by atoms with Gasteiger partial charge in [-0.05, 0) is 41.7 Å². The molecular weight excluding hydrogens is 356 g/mol. The van der Waals surface area contributed by atoms with Crippen LogP contribution in [-0.4, -0.2) is 29.5 Å². The van der Waals surface area contributed by atoms with Crippen molar-refractivity contribution in [1.82, 2.24) is 10.2 Å². The third-order valence-corrected chi connectivity index (χ3v) is 5.13. The van der Waals surface area contributed by atoms with E-state index in [4.69, 9.17) is 9.47 Å². The molecule has 0 bridgehead atoms. The minimum atomic E-state index is -0.492. The highest BCUT2D eigenvalue weighted by Gasteiger charge is 2.36. The van der Waals surface area contributed by atoms with Gasteiger partial charge in [0.2, 0.25) is 12.7 Å². The number of nitrogens with zero attached hydrogens (tertiary/aromatic N) is 1. The molecule has 0 fully saturated rings. The van der Waals surface area contributed by atoms with Crippen LogP contribution >= 0.6 is 0 Å². The first kappa shape index (κ1) is 18.3. The summed E-state index contributed by atoms with van der Waals surface area (Å²) >= 11 is 0. The predicted octanol–water partition coefficient (Wildman–Crippen LogP) is 3.10. The van der Waals surface area contributed by atoms with Crippen LogP contribution in [0.2, 0.25) is 0 Å². The van der Waals surface area contributed by atoms with Gasteiger partial charge in [-0.15, -0.1) is 0 Å². The number of carbonyl (C=O) groups is 2. The Morgan fingerprint density at radius 1 is 1.14 bits per heavy atom. The molecule has 1 atom stereocenters. The third-order valence-electron chi connectivity index (χ3n) is 5.13. The molecule has 2 aliphatic heterocycles. The van der Waals surface area contributed by atoms with Crippen LogP contribution in [0.3, 0.4) is 0 Å². The fourth-order valence-corrected chi connectivity index (χ4v) is 3.71. The molecule has 0 saturated carbocycles. The third kappa shape index (κ3) is 3.54. The van der Waals surface area contributed by atoms with Gasteiger partial charge in [0.25, 0.3) is 5.91 Å². The van der Waals surface area contributed by atoms with Crippen LogP contribution in [0.4, 0.5) is 0 Å². The molecule has 0 spiro atoms. The lowest BCUT2D eigenvalue weighted by Crippen LogP contribution is -2.47. The molecule has 146 valence electrons. The van der Waals surface area contributed by atoms with E-state index < -0.39 is 6.04 Å². The zero-order chi connectivity index (χ0) is 19.7. The van der Waals surface area contributed by atoms with Crippen LogP contribution in [0, 0.1) is 5.92 Å². The number of nitrogens with one attached hydrogen (secondary N) is 1. The van der Waals surface area contributed by atoms with Crippen LogP contribution in [0.5, 0.6) is 11.5 Å². The molecule has 6 heteroatoms. The SMILES string of the molecule is CC(C)CC(C(=O)NCc1ccc2c(c1)OCO2)N1Cc2ccccc2C1=O. The summed E-state index contributed by atoms with van der Waals surface area (Å²) in [5.74, 6) is 1.49. The Kier molecular flexibility index (Phi) is 4.94. The summed E-state index contributed by atoms with van der Waals surface area (Å²) in [6.45, 7) is 5.19. The molecule has 0 aromatic heterocycles. The molecule has 0 radical (unpaired) electrons. The number of hydrogen-bond donors (Lipinski definition) is 1. The van der Waals surface area contributed by atoms with Crippen molar-refractivity contribution in [1.29, 1.82) is 0 Å². The number of carbonyl (C=O) groups excluding carboxylic acids is 2. The van der Waals surface area contributed by atoms with Gasteiger partial charge in [-0.3, -0.25) is 9.59 Å². The van der Waals surface area contributed by atoms with Crippen LogP contribution in [-0.2, 0) is 17.9 Å². The van der Waals surface area contributed by atoms with Crippen molar-refractivity contribution in [2.24, 2.45) is 5.92 Å². The topological polar surface area (TPSA) is 67.9 Å². The Bertz CT molecular complexity index is 909. The van der Waals surface area contributed by atoms with Gasteiger partial charge in [0.1, 0.15) is 6.04 Å². The molecule has 6 nitrogen and oxygen atoms in total. The van der Waals surface area contributed by atoms with Crippen molar-refractivity contribution in [3.8, 4) is 11.5 Å². The number of fused-ring (bicyclic) bond motifs is 2. The van der Waals surface area contributed by atoms with Gasteiger partial charge in [-0.25, -0.2) is 0 Å². The van der Waals surface area contributed by atoms with Gasteiger partial charge < -0.3 is 19.7 Å². The van der Waals surface area contributed by atoms with Gasteiger partial charge >= 0.3 is 0 Å². The number of amides is 2. The lowest BCUT2D eigenvalue weighted by Gasteiger charge is -2.28. The second-order valence-electron chi connectivity index (χ2n) is 7.64. The van der Waals surface area contributed by atoms with Gasteiger partial charge in [0.05, 0.1) is 0 Å². The van der Waals surface area contributed by atoms with Crippen molar-refractivity contribution in [2.45, 2.75) is 39.4 Å². The van der Waals surface area contributed by atoms with E-state index in [1.807, 2.05) is 42.5 Å². The Hall–Kier alpha value is -3.02. The van der Waals surface area contributed by atoms with E-state index in [1.54, 1.807) is 4.90 Å². The number of rotatable bonds is 6. The minimum Gasteiger partial charge on any atom is -0.454 e. The molecule has 4 rings (SSSR count). The van der Waals surface area contributed by atoms with E-state index in [0.717, 1.165) is 11.1 Å². The van der Waals surface area contributed by atoms with Crippen LogP contribution in [0.15, 0.2) is 42.5 Å². The normalized spacial score (nSPS) is 15.7. The van der Waals surface area contributed by atoms with Gasteiger partial charge in [0, 0.05) is 18.7 Å². The molecule has 1 N–H and O–H groups in total. The lowest BCUT2D eigenvalue weighted by atomic mass is 10.0. The minimum absolute atomic E-state index is 0.0699. The largest absolute Gasteiger partial charge is 0.454 e. The van der Waals surface area contributed by atoms with Crippen molar-refractivity contribution in [3.63, 3.8) is 0 Å². The molecule has 2 amide bonds. The van der Waals surface area contributed by atoms with E-state index in [-0.39, 0.29) is 24.5 Å². The highest BCUT2D eigenvalue weighted by atomic mass is 16.7. The first-order valence-corrected chi connectivity index (χ1v) is 9.58. The lowest BCUT2D eigenvalue weighted by molar-refractivity contribution is -0.126. The highest BCUT2D eigenvalue weighted by molar-refractivity contribution is 6.01.